The molecule has 46 heavy (non-hydrogen) atoms. The number of piperazine rings is 1. The molecule has 0 bridgehead atoms. The first-order valence-electron chi connectivity index (χ1n) is 14.5. The fraction of sp³-hybridized carbons (Fsp3) is 0.206. The second-order valence-corrected chi connectivity index (χ2v) is 11.3. The third-order valence-corrected chi connectivity index (χ3v) is 8.22. The molecule has 5 aromatic rings. The van der Waals surface area contributed by atoms with Gasteiger partial charge in [0, 0.05) is 53.9 Å². The minimum Gasteiger partial charge on any atom is -0.463 e. The maximum Gasteiger partial charge on any atom is 0.319 e. The molecule has 1 aliphatic heterocycles. The molecule has 0 spiro atoms. The fourth-order valence-corrected chi connectivity index (χ4v) is 6.03. The monoisotopic (exact) mass is 639 g/mol. The van der Waals surface area contributed by atoms with Crippen LogP contribution in [0, 0.1) is 12.4 Å². The van der Waals surface area contributed by atoms with Gasteiger partial charge >= 0.3 is 6.01 Å². The smallest absolute Gasteiger partial charge is 0.319 e. The molecule has 6 rings (SSSR count). The predicted molar refractivity (Wildman–Crippen MR) is 175 cm³/mol. The Balaban J connectivity index is 1.43. The molecule has 1 fully saturated rings. The van der Waals surface area contributed by atoms with Crippen LogP contribution in [0.5, 0.6) is 6.01 Å². The number of halogens is 3. The molecule has 1 saturated heterocycles. The van der Waals surface area contributed by atoms with Crippen molar-refractivity contribution in [2.24, 2.45) is 0 Å². The number of hydrogen-bond acceptors (Lipinski definition) is 7. The molecular formula is C34H28ClF2N7O2. The number of nitrogens with zero attached hydrogens (tertiary/aromatic N) is 6. The van der Waals surface area contributed by atoms with Gasteiger partial charge < -0.3 is 25.1 Å². The molecule has 0 unspecified atom stereocenters. The summed E-state index contributed by atoms with van der Waals surface area (Å²) in [6, 6.07) is 17.6. The van der Waals surface area contributed by atoms with E-state index in [4.69, 9.17) is 28.6 Å². The third-order valence-electron chi connectivity index (χ3n) is 7.90. The summed E-state index contributed by atoms with van der Waals surface area (Å²) < 4.78 is 36.4. The van der Waals surface area contributed by atoms with E-state index in [1.165, 1.54) is 11.1 Å². The number of rotatable bonds is 8. The lowest BCUT2D eigenvalue weighted by Crippen LogP contribution is -2.56. The predicted octanol–water partition coefficient (Wildman–Crippen LogP) is 6.26. The van der Waals surface area contributed by atoms with E-state index in [0.717, 1.165) is 10.9 Å². The number of fused-ring (bicyclic) bond motifs is 2. The van der Waals surface area contributed by atoms with Gasteiger partial charge in [-0.3, -0.25) is 9.78 Å². The highest BCUT2D eigenvalue weighted by Crippen LogP contribution is 2.37. The topological polar surface area (TPSA) is 102 Å². The van der Waals surface area contributed by atoms with E-state index in [1.807, 2.05) is 41.3 Å². The second-order valence-electron chi connectivity index (χ2n) is 10.8. The van der Waals surface area contributed by atoms with Crippen molar-refractivity contribution in [1.82, 2.24) is 19.9 Å². The molecule has 1 atom stereocenters. The number of carbonyl (C=O) groups is 1. The van der Waals surface area contributed by atoms with Gasteiger partial charge in [0.2, 0.25) is 6.54 Å². The van der Waals surface area contributed by atoms with Gasteiger partial charge in [0.05, 0.1) is 12.0 Å². The summed E-state index contributed by atoms with van der Waals surface area (Å²) in [6.45, 7) is 11.1. The Morgan fingerprint density at radius 2 is 1.93 bits per heavy atom. The van der Waals surface area contributed by atoms with Crippen LogP contribution in [0.25, 0.3) is 37.8 Å². The zero-order valence-corrected chi connectivity index (χ0v) is 25.3. The van der Waals surface area contributed by atoms with Crippen LogP contribution in [0.2, 0.25) is 5.02 Å². The van der Waals surface area contributed by atoms with Crippen molar-refractivity contribution in [3.05, 3.63) is 107 Å². The van der Waals surface area contributed by atoms with Gasteiger partial charge in [0.15, 0.2) is 11.6 Å². The number of ether oxygens (including phenoxy) is 1. The molecule has 9 nitrogen and oxygen atoms in total. The molecular weight excluding hydrogens is 612 g/mol. The van der Waals surface area contributed by atoms with E-state index < -0.39 is 23.6 Å². The Morgan fingerprint density at radius 1 is 1.15 bits per heavy atom. The van der Waals surface area contributed by atoms with Crippen molar-refractivity contribution >= 4 is 50.7 Å². The zero-order valence-electron chi connectivity index (χ0n) is 24.6. The lowest BCUT2D eigenvalue weighted by atomic mass is 10.0. The molecule has 1 aliphatic rings. The first-order chi connectivity index (χ1) is 22.2. The minimum absolute atomic E-state index is 0.0182. The second kappa shape index (κ2) is 12.9. The summed E-state index contributed by atoms with van der Waals surface area (Å²) in [6.07, 6.45) is 2.00. The number of anilines is 2. The Kier molecular flexibility index (Phi) is 8.63. The quantitative estimate of drug-likeness (QED) is 0.121. The van der Waals surface area contributed by atoms with Crippen molar-refractivity contribution in [2.45, 2.75) is 12.5 Å². The van der Waals surface area contributed by atoms with Crippen molar-refractivity contribution in [2.75, 3.05) is 43.4 Å². The number of benzene rings is 3. The molecule has 232 valence electrons. The van der Waals surface area contributed by atoms with Crippen molar-refractivity contribution in [3.8, 4) is 17.3 Å². The molecule has 3 aromatic carbocycles. The van der Waals surface area contributed by atoms with Crippen LogP contribution in [0.15, 0.2) is 79.3 Å². The Bertz CT molecular complexity index is 2030. The van der Waals surface area contributed by atoms with Gasteiger partial charge in [0.25, 0.3) is 5.91 Å². The summed E-state index contributed by atoms with van der Waals surface area (Å²) in [4.78, 5) is 32.7. The standard InChI is InChI=1S/C34H28ClF2N7O2/c1-20(36)33(45)44-14-13-43(19-24(44)17-39-2)32-26-18-40-30(25-10-4-7-22-8-5-11-27(35)28(22)25)29(37)31(26)41-34(42-32)46-15-12-21-6-3-9-23(38)16-21/h3-11,16,18,24H,1,12-15,17,19,38H2/t24-/m0/s1. The van der Waals surface area contributed by atoms with Crippen LogP contribution in [-0.4, -0.2) is 64.6 Å². The zero-order chi connectivity index (χ0) is 32.4. The van der Waals surface area contributed by atoms with Gasteiger partial charge in [-0.15, -0.1) is 0 Å². The molecule has 12 heteroatoms. The van der Waals surface area contributed by atoms with E-state index in [0.29, 0.717) is 39.3 Å². The van der Waals surface area contributed by atoms with Gasteiger partial charge in [0.1, 0.15) is 23.1 Å². The SMILES string of the molecule is [C-]#[N+]C[C@H]1CN(c2nc(OCCc3cccc(N)c3)nc3c(F)c(-c4cccc5cccc(Cl)c45)ncc23)CCN1C(=O)C(=C)F. The highest BCUT2D eigenvalue weighted by Gasteiger charge is 2.35. The van der Waals surface area contributed by atoms with Crippen LogP contribution in [0.3, 0.4) is 0 Å². The maximum absolute atomic E-state index is 16.6. The van der Waals surface area contributed by atoms with E-state index >= 15 is 4.39 Å². The average Bonchev–Trinajstić information content (AvgIpc) is 3.04. The normalized spacial score (nSPS) is 14.8. The summed E-state index contributed by atoms with van der Waals surface area (Å²) in [5.41, 5.74) is 8.03. The highest BCUT2D eigenvalue weighted by atomic mass is 35.5. The maximum atomic E-state index is 16.6. The Hall–Kier alpha value is -5.34. The summed E-state index contributed by atoms with van der Waals surface area (Å²) in [5, 5.41) is 2.25. The lowest BCUT2D eigenvalue weighted by molar-refractivity contribution is -0.131. The number of pyridine rings is 1. The number of nitrogens with two attached hydrogens (primary N) is 1. The molecule has 2 N–H and O–H groups in total. The lowest BCUT2D eigenvalue weighted by Gasteiger charge is -2.39. The van der Waals surface area contributed by atoms with Crippen molar-refractivity contribution < 1.29 is 18.3 Å². The fourth-order valence-electron chi connectivity index (χ4n) is 5.75. The molecule has 0 aliphatic carbocycles. The molecule has 0 saturated carbocycles. The third kappa shape index (κ3) is 5.99. The van der Waals surface area contributed by atoms with E-state index in [2.05, 4.69) is 26.4 Å². The van der Waals surface area contributed by atoms with E-state index in [1.54, 1.807) is 24.3 Å². The summed E-state index contributed by atoms with van der Waals surface area (Å²) in [5.74, 6) is -2.33. The van der Waals surface area contributed by atoms with E-state index in [9.17, 15) is 9.18 Å². The molecule has 1 amide bonds. The number of hydrogen-bond donors (Lipinski definition) is 1. The van der Waals surface area contributed by atoms with Gasteiger partial charge in [-0.1, -0.05) is 60.6 Å². The van der Waals surface area contributed by atoms with Crippen LogP contribution in [-0.2, 0) is 11.2 Å². The first-order valence-corrected chi connectivity index (χ1v) is 14.9. The van der Waals surface area contributed by atoms with E-state index in [-0.39, 0.29) is 50.0 Å². The highest BCUT2D eigenvalue weighted by molar-refractivity contribution is 6.36. The Labute approximate surface area is 268 Å². The molecule has 0 radical (unpaired) electrons. The summed E-state index contributed by atoms with van der Waals surface area (Å²) in [7, 11) is 0. The van der Waals surface area contributed by atoms with Gasteiger partial charge in [-0.2, -0.15) is 9.97 Å². The van der Waals surface area contributed by atoms with Crippen molar-refractivity contribution in [1.29, 1.82) is 0 Å². The molecule has 3 heterocycles. The van der Waals surface area contributed by atoms with Crippen LogP contribution in [0.4, 0.5) is 20.3 Å². The minimum atomic E-state index is -1.10. The number of nitrogen functional groups attached to an aromatic ring is 1. The van der Waals surface area contributed by atoms with Gasteiger partial charge in [-0.25, -0.2) is 15.4 Å². The van der Waals surface area contributed by atoms with Crippen molar-refractivity contribution in [3.63, 3.8) is 0 Å². The van der Waals surface area contributed by atoms with Gasteiger partial charge in [-0.05, 0) is 29.1 Å². The largest absolute Gasteiger partial charge is 0.463 e. The number of amides is 1. The molecule has 2 aromatic heterocycles. The van der Waals surface area contributed by atoms with Crippen LogP contribution < -0.4 is 15.4 Å². The number of aromatic nitrogens is 3. The average molecular weight is 640 g/mol. The Morgan fingerprint density at radius 3 is 2.70 bits per heavy atom. The van der Waals surface area contributed by atoms with Crippen LogP contribution in [0.1, 0.15) is 5.56 Å². The number of carbonyl (C=O) groups excluding carboxylic acids is 1. The van der Waals surface area contributed by atoms with Crippen LogP contribution >= 0.6 is 11.6 Å². The first kappa shape index (κ1) is 30.7. The summed E-state index contributed by atoms with van der Waals surface area (Å²) >= 11 is 6.56.